The molecule has 2 aliphatic rings. The van der Waals surface area contributed by atoms with Crippen molar-refractivity contribution in [2.45, 2.75) is 13.8 Å². The first-order valence-corrected chi connectivity index (χ1v) is 5.86. The fourth-order valence-electron chi connectivity index (χ4n) is 2.69. The normalized spacial score (nSPS) is 33.1. The Hall–Kier alpha value is -0.770. The van der Waals surface area contributed by atoms with Gasteiger partial charge in [0, 0.05) is 13.1 Å². The third kappa shape index (κ3) is 1.00. The van der Waals surface area contributed by atoms with Gasteiger partial charge in [-0.15, -0.1) is 11.3 Å². The van der Waals surface area contributed by atoms with Gasteiger partial charge in [0.2, 0.25) is 5.88 Å². The van der Waals surface area contributed by atoms with Crippen LogP contribution in [0.5, 0.6) is 5.88 Å². The lowest BCUT2D eigenvalue weighted by Gasteiger charge is -2.20. The molecule has 4 heteroatoms. The highest BCUT2D eigenvalue weighted by atomic mass is 32.1. The van der Waals surface area contributed by atoms with Crippen LogP contribution in [-0.2, 0) is 0 Å². The summed E-state index contributed by atoms with van der Waals surface area (Å²) in [4.78, 5) is 6.39. The summed E-state index contributed by atoms with van der Waals surface area (Å²) >= 11 is 1.53. The topological polar surface area (TPSA) is 36.4 Å². The number of fused-ring (bicyclic) bond motifs is 1. The predicted octanol–water partition coefficient (Wildman–Crippen LogP) is 1.94. The number of aromatic hydroxyl groups is 1. The number of hydrogen-bond donors (Lipinski definition) is 1. The predicted molar refractivity (Wildman–Crippen MR) is 56.8 cm³/mol. The Morgan fingerprint density at radius 3 is 2.64 bits per heavy atom. The number of nitrogens with zero attached hydrogens (tertiary/aromatic N) is 2. The summed E-state index contributed by atoms with van der Waals surface area (Å²) in [7, 11) is 0. The van der Waals surface area contributed by atoms with Gasteiger partial charge in [-0.1, -0.05) is 13.8 Å². The SMILES string of the molecule is CC1(C)C2CN(c3nc(O)cs3)CC21. The third-order valence-corrected chi connectivity index (χ3v) is 4.76. The minimum Gasteiger partial charge on any atom is -0.493 e. The first-order chi connectivity index (χ1) is 6.59. The van der Waals surface area contributed by atoms with Gasteiger partial charge in [0.05, 0.1) is 5.38 Å². The molecule has 0 spiro atoms. The molecule has 76 valence electrons. The molecule has 1 aliphatic heterocycles. The molecule has 2 fully saturated rings. The maximum absolute atomic E-state index is 9.17. The lowest BCUT2D eigenvalue weighted by Crippen LogP contribution is -2.25. The lowest BCUT2D eigenvalue weighted by atomic mass is 10.1. The van der Waals surface area contributed by atoms with Gasteiger partial charge in [-0.3, -0.25) is 0 Å². The van der Waals surface area contributed by atoms with E-state index in [0.717, 1.165) is 30.1 Å². The van der Waals surface area contributed by atoms with Crippen LogP contribution in [0, 0.1) is 17.3 Å². The highest BCUT2D eigenvalue weighted by molar-refractivity contribution is 7.13. The number of thiazole rings is 1. The molecular formula is C10H14N2OS. The summed E-state index contributed by atoms with van der Waals surface area (Å²) < 4.78 is 0. The molecule has 1 aromatic rings. The van der Waals surface area contributed by atoms with Gasteiger partial charge in [-0.05, 0) is 17.3 Å². The summed E-state index contributed by atoms with van der Waals surface area (Å²) in [6, 6.07) is 0. The summed E-state index contributed by atoms with van der Waals surface area (Å²) in [6.07, 6.45) is 0. The van der Waals surface area contributed by atoms with Crippen molar-refractivity contribution in [1.82, 2.24) is 4.98 Å². The molecule has 2 unspecified atom stereocenters. The number of rotatable bonds is 1. The molecule has 14 heavy (non-hydrogen) atoms. The Morgan fingerprint density at radius 1 is 1.50 bits per heavy atom. The van der Waals surface area contributed by atoms with Crippen molar-refractivity contribution in [3.05, 3.63) is 5.38 Å². The van der Waals surface area contributed by atoms with Crippen molar-refractivity contribution in [3.63, 3.8) is 0 Å². The smallest absolute Gasteiger partial charge is 0.223 e. The zero-order valence-corrected chi connectivity index (χ0v) is 9.21. The van der Waals surface area contributed by atoms with Crippen LogP contribution in [0.2, 0.25) is 0 Å². The molecule has 2 atom stereocenters. The number of anilines is 1. The molecule has 1 N–H and O–H groups in total. The van der Waals surface area contributed by atoms with E-state index in [0.29, 0.717) is 5.41 Å². The molecule has 0 radical (unpaired) electrons. The average molecular weight is 210 g/mol. The van der Waals surface area contributed by atoms with E-state index in [1.54, 1.807) is 5.38 Å². The van der Waals surface area contributed by atoms with E-state index in [-0.39, 0.29) is 5.88 Å². The third-order valence-electron chi connectivity index (χ3n) is 3.87. The maximum Gasteiger partial charge on any atom is 0.223 e. The second-order valence-corrected chi connectivity index (χ2v) is 5.76. The van der Waals surface area contributed by atoms with E-state index >= 15 is 0 Å². The number of piperidine rings is 1. The van der Waals surface area contributed by atoms with Crippen LogP contribution in [0.25, 0.3) is 0 Å². The van der Waals surface area contributed by atoms with Gasteiger partial charge in [-0.2, -0.15) is 4.98 Å². The molecule has 0 aromatic carbocycles. The minimum absolute atomic E-state index is 0.157. The molecule has 1 aliphatic carbocycles. The van der Waals surface area contributed by atoms with Crippen LogP contribution >= 0.6 is 11.3 Å². The van der Waals surface area contributed by atoms with E-state index in [1.807, 2.05) is 0 Å². The van der Waals surface area contributed by atoms with Gasteiger partial charge in [0.25, 0.3) is 0 Å². The average Bonchev–Trinajstić information content (AvgIpc) is 2.62. The number of aromatic nitrogens is 1. The van der Waals surface area contributed by atoms with E-state index in [9.17, 15) is 0 Å². The summed E-state index contributed by atoms with van der Waals surface area (Å²) in [6.45, 7) is 6.92. The zero-order valence-electron chi connectivity index (χ0n) is 8.40. The van der Waals surface area contributed by atoms with E-state index in [1.165, 1.54) is 11.3 Å². The fraction of sp³-hybridized carbons (Fsp3) is 0.700. The second kappa shape index (κ2) is 2.42. The molecule has 1 saturated carbocycles. The van der Waals surface area contributed by atoms with Crippen molar-refractivity contribution in [2.24, 2.45) is 17.3 Å². The molecule has 0 amide bonds. The molecule has 2 heterocycles. The van der Waals surface area contributed by atoms with Crippen LogP contribution in [0.4, 0.5) is 5.13 Å². The van der Waals surface area contributed by atoms with Gasteiger partial charge in [-0.25, -0.2) is 0 Å². The summed E-state index contributed by atoms with van der Waals surface area (Å²) in [5.41, 5.74) is 0.551. The summed E-state index contributed by atoms with van der Waals surface area (Å²) in [5.74, 6) is 1.84. The van der Waals surface area contributed by atoms with Crippen molar-refractivity contribution in [3.8, 4) is 5.88 Å². The molecule has 3 rings (SSSR count). The van der Waals surface area contributed by atoms with Gasteiger partial charge in [0.15, 0.2) is 5.13 Å². The Morgan fingerprint density at radius 2 is 2.14 bits per heavy atom. The highest BCUT2D eigenvalue weighted by Gasteiger charge is 2.62. The van der Waals surface area contributed by atoms with Crippen LogP contribution in [0.15, 0.2) is 5.38 Å². The van der Waals surface area contributed by atoms with E-state index in [4.69, 9.17) is 5.11 Å². The van der Waals surface area contributed by atoms with Crippen molar-refractivity contribution in [1.29, 1.82) is 0 Å². The van der Waals surface area contributed by atoms with Crippen LogP contribution in [0.1, 0.15) is 13.8 Å². The molecule has 3 nitrogen and oxygen atoms in total. The Bertz CT molecular complexity index is 360. The highest BCUT2D eigenvalue weighted by Crippen LogP contribution is 2.62. The molecular weight excluding hydrogens is 196 g/mol. The monoisotopic (exact) mass is 210 g/mol. The first-order valence-electron chi connectivity index (χ1n) is 4.98. The van der Waals surface area contributed by atoms with E-state index in [2.05, 4.69) is 23.7 Å². The van der Waals surface area contributed by atoms with Crippen LogP contribution in [-0.4, -0.2) is 23.2 Å². The second-order valence-electron chi connectivity index (χ2n) is 4.93. The Balaban J connectivity index is 1.75. The largest absolute Gasteiger partial charge is 0.493 e. The van der Waals surface area contributed by atoms with Crippen LogP contribution in [0.3, 0.4) is 0 Å². The maximum atomic E-state index is 9.17. The Labute approximate surface area is 87.4 Å². The van der Waals surface area contributed by atoms with Crippen molar-refractivity contribution < 1.29 is 5.11 Å². The molecule has 1 saturated heterocycles. The molecule has 1 aromatic heterocycles. The zero-order chi connectivity index (χ0) is 9.92. The van der Waals surface area contributed by atoms with Gasteiger partial charge >= 0.3 is 0 Å². The molecule has 0 bridgehead atoms. The first kappa shape index (κ1) is 8.53. The van der Waals surface area contributed by atoms with Crippen molar-refractivity contribution >= 4 is 16.5 Å². The van der Waals surface area contributed by atoms with Gasteiger partial charge < -0.3 is 10.0 Å². The fourth-order valence-corrected chi connectivity index (χ4v) is 3.40. The van der Waals surface area contributed by atoms with E-state index < -0.39 is 0 Å². The number of hydrogen-bond acceptors (Lipinski definition) is 4. The quantitative estimate of drug-likeness (QED) is 0.769. The Kier molecular flexibility index (Phi) is 1.48. The summed E-state index contributed by atoms with van der Waals surface area (Å²) in [5, 5.41) is 11.8. The standard InChI is InChI=1S/C10H14N2OS/c1-10(2)6-3-12(4-7(6)10)9-11-8(13)5-14-9/h5-7,13H,3-4H2,1-2H3. The van der Waals surface area contributed by atoms with Crippen LogP contribution < -0.4 is 4.90 Å². The lowest BCUT2D eigenvalue weighted by molar-refractivity contribution is 0.456. The minimum atomic E-state index is 0.157. The van der Waals surface area contributed by atoms with Crippen molar-refractivity contribution in [2.75, 3.05) is 18.0 Å². The van der Waals surface area contributed by atoms with Gasteiger partial charge in [0.1, 0.15) is 0 Å².